The van der Waals surface area contributed by atoms with Gasteiger partial charge < -0.3 is 10.1 Å². The van der Waals surface area contributed by atoms with Gasteiger partial charge in [0.05, 0.1) is 23.7 Å². The number of aromatic nitrogens is 1. The van der Waals surface area contributed by atoms with Crippen LogP contribution in [0.4, 0.5) is 0 Å². The van der Waals surface area contributed by atoms with Crippen molar-refractivity contribution >= 4 is 28.8 Å². The number of nitrogens with zero attached hydrogens (tertiary/aromatic N) is 1. The highest BCUT2D eigenvalue weighted by atomic mass is 35.5. The van der Waals surface area contributed by atoms with Crippen molar-refractivity contribution in [3.05, 3.63) is 40.4 Å². The Hall–Kier alpha value is -1.43. The van der Waals surface area contributed by atoms with Gasteiger partial charge >= 0.3 is 0 Å². The lowest BCUT2D eigenvalue weighted by Crippen LogP contribution is -2.36. The van der Waals surface area contributed by atoms with Crippen LogP contribution in [0.5, 0.6) is 0 Å². The lowest BCUT2D eigenvalue weighted by atomic mass is 10.2. The molecule has 1 atom stereocenters. The minimum atomic E-state index is -0.0597. The van der Waals surface area contributed by atoms with Gasteiger partial charge in [-0.3, -0.25) is 4.79 Å². The monoisotopic (exact) mass is 324 g/mol. The molecule has 21 heavy (non-hydrogen) atoms. The van der Waals surface area contributed by atoms with Gasteiger partial charge in [-0.25, -0.2) is 4.98 Å². The summed E-state index contributed by atoms with van der Waals surface area (Å²) in [7, 11) is 1.61. The second kappa shape index (κ2) is 7.54. The molecule has 1 heterocycles. The summed E-state index contributed by atoms with van der Waals surface area (Å²) < 4.78 is 4.99. The van der Waals surface area contributed by atoms with E-state index in [1.165, 1.54) is 11.3 Å². The zero-order valence-electron chi connectivity index (χ0n) is 11.9. The summed E-state index contributed by atoms with van der Waals surface area (Å²) in [5.41, 5.74) is 1.64. The van der Waals surface area contributed by atoms with E-state index in [9.17, 15) is 4.79 Å². The topological polar surface area (TPSA) is 51.2 Å². The molecule has 112 valence electrons. The maximum atomic E-state index is 11.9. The standard InChI is InChI=1S/C15H17ClN2O2S/c1-10(8-20-2)17-14(19)7-11-9-21-15(18-11)12-5-3-4-6-13(12)16/h3-6,9-10H,7-8H2,1-2H3,(H,17,19). The molecule has 2 aromatic rings. The summed E-state index contributed by atoms with van der Waals surface area (Å²) in [6.07, 6.45) is 0.259. The Bertz CT molecular complexity index is 615. The van der Waals surface area contributed by atoms with Gasteiger partial charge in [-0.1, -0.05) is 29.8 Å². The first-order chi connectivity index (χ1) is 10.1. The van der Waals surface area contributed by atoms with Gasteiger partial charge in [0, 0.05) is 24.1 Å². The van der Waals surface area contributed by atoms with Gasteiger partial charge in [-0.2, -0.15) is 0 Å². The van der Waals surface area contributed by atoms with E-state index in [0.29, 0.717) is 11.6 Å². The molecule has 1 N–H and O–H groups in total. The Morgan fingerprint density at radius 3 is 2.95 bits per heavy atom. The third-order valence-electron chi connectivity index (χ3n) is 2.82. The fraction of sp³-hybridized carbons (Fsp3) is 0.333. The molecule has 2 rings (SSSR count). The van der Waals surface area contributed by atoms with Crippen molar-refractivity contribution in [3.63, 3.8) is 0 Å². The molecule has 0 saturated heterocycles. The number of hydrogen-bond acceptors (Lipinski definition) is 4. The quantitative estimate of drug-likeness (QED) is 0.888. The second-order valence-corrected chi connectivity index (χ2v) is 5.99. The first-order valence-corrected chi connectivity index (χ1v) is 7.83. The molecule has 1 aromatic carbocycles. The molecule has 0 aliphatic rings. The number of halogens is 1. The van der Waals surface area contributed by atoms with Gasteiger partial charge in [0.1, 0.15) is 5.01 Å². The molecule has 0 spiro atoms. The number of thiazole rings is 1. The van der Waals surface area contributed by atoms with Crippen LogP contribution in [0.15, 0.2) is 29.6 Å². The first-order valence-electron chi connectivity index (χ1n) is 6.57. The molecule has 0 radical (unpaired) electrons. The number of rotatable bonds is 6. The minimum absolute atomic E-state index is 0.0100. The highest BCUT2D eigenvalue weighted by Gasteiger charge is 2.12. The fourth-order valence-corrected chi connectivity index (χ4v) is 3.07. The van der Waals surface area contributed by atoms with Crippen LogP contribution in [0, 0.1) is 0 Å². The van der Waals surface area contributed by atoms with Crippen LogP contribution >= 0.6 is 22.9 Å². The van der Waals surface area contributed by atoms with Crippen LogP contribution in [-0.2, 0) is 16.0 Å². The molecule has 4 nitrogen and oxygen atoms in total. The highest BCUT2D eigenvalue weighted by molar-refractivity contribution is 7.13. The van der Waals surface area contributed by atoms with Crippen molar-refractivity contribution in [2.45, 2.75) is 19.4 Å². The summed E-state index contributed by atoms with van der Waals surface area (Å²) in [5.74, 6) is -0.0597. The normalized spacial score (nSPS) is 12.1. The predicted molar refractivity (Wildman–Crippen MR) is 85.7 cm³/mol. The average molecular weight is 325 g/mol. The maximum absolute atomic E-state index is 11.9. The zero-order valence-corrected chi connectivity index (χ0v) is 13.5. The third kappa shape index (κ3) is 4.52. The van der Waals surface area contributed by atoms with Gasteiger partial charge in [-0.05, 0) is 13.0 Å². The van der Waals surface area contributed by atoms with Crippen LogP contribution in [0.1, 0.15) is 12.6 Å². The van der Waals surface area contributed by atoms with Crippen LogP contribution in [-0.4, -0.2) is 30.6 Å². The summed E-state index contributed by atoms with van der Waals surface area (Å²) >= 11 is 7.64. The number of nitrogens with one attached hydrogen (secondary N) is 1. The van der Waals surface area contributed by atoms with E-state index in [-0.39, 0.29) is 18.4 Å². The Morgan fingerprint density at radius 2 is 2.24 bits per heavy atom. The molecule has 1 aromatic heterocycles. The maximum Gasteiger partial charge on any atom is 0.226 e. The van der Waals surface area contributed by atoms with E-state index in [2.05, 4.69) is 10.3 Å². The van der Waals surface area contributed by atoms with Gasteiger partial charge in [0.25, 0.3) is 0 Å². The smallest absolute Gasteiger partial charge is 0.226 e. The largest absolute Gasteiger partial charge is 0.383 e. The van der Waals surface area contributed by atoms with Gasteiger partial charge in [-0.15, -0.1) is 11.3 Å². The number of carbonyl (C=O) groups is 1. The first kappa shape index (κ1) is 15.9. The van der Waals surface area contributed by atoms with E-state index >= 15 is 0 Å². The van der Waals surface area contributed by atoms with E-state index < -0.39 is 0 Å². The van der Waals surface area contributed by atoms with E-state index in [0.717, 1.165) is 16.3 Å². The average Bonchev–Trinajstić information content (AvgIpc) is 2.87. The lowest BCUT2D eigenvalue weighted by molar-refractivity contribution is -0.121. The molecule has 6 heteroatoms. The predicted octanol–water partition coefficient (Wildman–Crippen LogP) is 3.16. The molecule has 1 amide bonds. The summed E-state index contributed by atoms with van der Waals surface area (Å²) in [6.45, 7) is 2.39. The van der Waals surface area contributed by atoms with Crippen LogP contribution in [0.3, 0.4) is 0 Å². The Labute approximate surface area is 133 Å². The number of amides is 1. The second-order valence-electron chi connectivity index (χ2n) is 4.72. The number of methoxy groups -OCH3 is 1. The molecule has 0 aliphatic carbocycles. The molecular weight excluding hydrogens is 308 g/mol. The van der Waals surface area contributed by atoms with Crippen molar-refractivity contribution in [3.8, 4) is 10.6 Å². The number of carbonyl (C=O) groups excluding carboxylic acids is 1. The fourth-order valence-electron chi connectivity index (χ4n) is 1.93. The zero-order chi connectivity index (χ0) is 15.2. The Morgan fingerprint density at radius 1 is 1.48 bits per heavy atom. The van der Waals surface area contributed by atoms with Crippen LogP contribution in [0.2, 0.25) is 5.02 Å². The van der Waals surface area contributed by atoms with Gasteiger partial charge in [0.2, 0.25) is 5.91 Å². The summed E-state index contributed by atoms with van der Waals surface area (Å²) in [5, 5.41) is 6.24. The van der Waals surface area contributed by atoms with Crippen LogP contribution < -0.4 is 5.32 Å². The number of benzene rings is 1. The van der Waals surface area contributed by atoms with E-state index in [4.69, 9.17) is 16.3 Å². The molecular formula is C15H17ClN2O2S. The molecule has 0 aliphatic heterocycles. The van der Waals surface area contributed by atoms with Crippen molar-refractivity contribution in [1.29, 1.82) is 0 Å². The summed E-state index contributed by atoms with van der Waals surface area (Å²) in [6, 6.07) is 7.54. The van der Waals surface area contributed by atoms with Gasteiger partial charge in [0.15, 0.2) is 0 Å². The molecule has 0 saturated carbocycles. The lowest BCUT2D eigenvalue weighted by Gasteiger charge is -2.11. The molecule has 0 fully saturated rings. The molecule has 1 unspecified atom stereocenters. The van der Waals surface area contributed by atoms with E-state index in [1.54, 1.807) is 7.11 Å². The third-order valence-corrected chi connectivity index (χ3v) is 4.08. The molecule has 0 bridgehead atoms. The van der Waals surface area contributed by atoms with Crippen molar-refractivity contribution < 1.29 is 9.53 Å². The highest BCUT2D eigenvalue weighted by Crippen LogP contribution is 2.30. The summed E-state index contributed by atoms with van der Waals surface area (Å²) in [4.78, 5) is 16.4. The van der Waals surface area contributed by atoms with E-state index in [1.807, 2.05) is 36.6 Å². The Kier molecular flexibility index (Phi) is 5.73. The SMILES string of the molecule is COCC(C)NC(=O)Cc1csc(-c2ccccc2Cl)n1. The van der Waals surface area contributed by atoms with Crippen LogP contribution in [0.25, 0.3) is 10.6 Å². The van der Waals surface area contributed by atoms with Crippen molar-refractivity contribution in [1.82, 2.24) is 10.3 Å². The van der Waals surface area contributed by atoms with Crippen molar-refractivity contribution in [2.75, 3.05) is 13.7 Å². The number of ether oxygens (including phenoxy) is 1. The van der Waals surface area contributed by atoms with Crippen molar-refractivity contribution in [2.24, 2.45) is 0 Å². The minimum Gasteiger partial charge on any atom is -0.383 e. The number of hydrogen-bond donors (Lipinski definition) is 1. The Balaban J connectivity index is 2.01.